The van der Waals surface area contributed by atoms with Crippen LogP contribution in [-0.2, 0) is 4.79 Å². The average molecular weight is 140 g/mol. The zero-order valence-corrected chi connectivity index (χ0v) is 5.32. The molecule has 0 aromatic carbocycles. The molecule has 0 radical (unpaired) electrons. The van der Waals surface area contributed by atoms with Crippen LogP contribution >= 0.6 is 0 Å². The second kappa shape index (κ2) is 2.22. The van der Waals surface area contributed by atoms with Crippen molar-refractivity contribution in [2.75, 3.05) is 6.54 Å². The highest BCUT2D eigenvalue weighted by Gasteiger charge is 2.31. The van der Waals surface area contributed by atoms with Crippen LogP contribution in [-0.4, -0.2) is 29.4 Å². The fraction of sp³-hybridized carbons (Fsp3) is 0.333. The van der Waals surface area contributed by atoms with Gasteiger partial charge in [-0.25, -0.2) is 4.79 Å². The first-order chi connectivity index (χ1) is 4.65. The van der Waals surface area contributed by atoms with Gasteiger partial charge in [-0.3, -0.25) is 4.99 Å². The van der Waals surface area contributed by atoms with Gasteiger partial charge < -0.3 is 10.8 Å². The quantitative estimate of drug-likeness (QED) is 0.511. The topological polar surface area (TPSA) is 75.7 Å². The molecule has 0 bridgehead atoms. The number of allylic oxidation sites excluding steroid dienone is 1. The number of nitrogens with two attached hydrogens (primary N) is 1. The summed E-state index contributed by atoms with van der Waals surface area (Å²) in [5.41, 5.74) is 4.12. The molecule has 3 N–H and O–H groups in total. The zero-order valence-electron chi connectivity index (χ0n) is 5.32. The third-order valence-electron chi connectivity index (χ3n) is 1.34. The van der Waals surface area contributed by atoms with Gasteiger partial charge in [-0.1, -0.05) is 6.08 Å². The Morgan fingerprint density at radius 2 is 2.50 bits per heavy atom. The van der Waals surface area contributed by atoms with Gasteiger partial charge in [0.2, 0.25) is 0 Å². The van der Waals surface area contributed by atoms with E-state index in [0.29, 0.717) is 0 Å². The number of dihydropyridines is 1. The van der Waals surface area contributed by atoms with E-state index in [2.05, 4.69) is 4.99 Å². The summed E-state index contributed by atoms with van der Waals surface area (Å²) in [6.45, 7) is 0.124. The minimum absolute atomic E-state index is 0.124. The number of rotatable bonds is 1. The molecule has 0 amide bonds. The van der Waals surface area contributed by atoms with Crippen molar-refractivity contribution in [1.29, 1.82) is 0 Å². The number of hydrogen-bond donors (Lipinski definition) is 2. The number of carbonyl (C=O) groups is 1. The molecule has 0 saturated heterocycles. The average Bonchev–Trinajstić information content (AvgIpc) is 1.89. The molecule has 4 heteroatoms. The summed E-state index contributed by atoms with van der Waals surface area (Å²) < 4.78 is 0. The molecule has 4 nitrogen and oxygen atoms in total. The second-order valence-electron chi connectivity index (χ2n) is 2.19. The van der Waals surface area contributed by atoms with Gasteiger partial charge in [0.15, 0.2) is 5.54 Å². The van der Waals surface area contributed by atoms with Crippen LogP contribution in [0.5, 0.6) is 0 Å². The molecular formula is C6H8N2O2. The smallest absolute Gasteiger partial charge is 0.329 e. The summed E-state index contributed by atoms with van der Waals surface area (Å²) in [5.74, 6) is -1.04. The number of aliphatic carboxylic acids is 1. The maximum absolute atomic E-state index is 10.4. The molecule has 0 aromatic rings. The Hall–Kier alpha value is -1.16. The van der Waals surface area contributed by atoms with E-state index >= 15 is 0 Å². The van der Waals surface area contributed by atoms with Crippen molar-refractivity contribution in [1.82, 2.24) is 0 Å². The minimum Gasteiger partial charge on any atom is -0.480 e. The maximum Gasteiger partial charge on any atom is 0.329 e. The van der Waals surface area contributed by atoms with E-state index in [9.17, 15) is 4.79 Å². The van der Waals surface area contributed by atoms with Crippen molar-refractivity contribution in [2.45, 2.75) is 5.54 Å². The molecule has 0 aromatic heterocycles. The molecule has 0 aliphatic carbocycles. The first-order valence-electron chi connectivity index (χ1n) is 2.85. The van der Waals surface area contributed by atoms with Crippen LogP contribution in [0.4, 0.5) is 0 Å². The van der Waals surface area contributed by atoms with Crippen LogP contribution in [0.1, 0.15) is 0 Å². The zero-order chi connectivity index (χ0) is 7.61. The summed E-state index contributed by atoms with van der Waals surface area (Å²) >= 11 is 0. The number of carboxylic acid groups (broad SMARTS) is 1. The number of hydrogen-bond acceptors (Lipinski definition) is 3. The van der Waals surface area contributed by atoms with Gasteiger partial charge in [-0.2, -0.15) is 0 Å². The SMILES string of the molecule is NC1(C(=O)O)C=CC=NC1. The van der Waals surface area contributed by atoms with Crippen molar-refractivity contribution >= 4 is 12.2 Å². The van der Waals surface area contributed by atoms with E-state index in [1.165, 1.54) is 18.4 Å². The molecule has 1 aliphatic rings. The lowest BCUT2D eigenvalue weighted by Gasteiger charge is -2.19. The fourth-order valence-corrected chi connectivity index (χ4v) is 0.671. The molecule has 0 saturated carbocycles. The van der Waals surface area contributed by atoms with Crippen molar-refractivity contribution in [3.05, 3.63) is 12.2 Å². The van der Waals surface area contributed by atoms with Crippen LogP contribution in [0.2, 0.25) is 0 Å². The highest BCUT2D eigenvalue weighted by molar-refractivity contribution is 5.85. The fourth-order valence-electron chi connectivity index (χ4n) is 0.671. The third-order valence-corrected chi connectivity index (χ3v) is 1.34. The van der Waals surface area contributed by atoms with Crippen molar-refractivity contribution in [3.8, 4) is 0 Å². The van der Waals surface area contributed by atoms with Gasteiger partial charge >= 0.3 is 5.97 Å². The first-order valence-corrected chi connectivity index (χ1v) is 2.85. The summed E-state index contributed by atoms with van der Waals surface area (Å²) in [5, 5.41) is 8.55. The van der Waals surface area contributed by atoms with Gasteiger partial charge in [0.1, 0.15) is 0 Å². The summed E-state index contributed by atoms with van der Waals surface area (Å²) in [4.78, 5) is 14.2. The predicted octanol–water partition coefficient (Wildman–Crippen LogP) is -0.591. The van der Waals surface area contributed by atoms with Crippen LogP contribution in [0.3, 0.4) is 0 Å². The van der Waals surface area contributed by atoms with Crippen LogP contribution in [0.25, 0.3) is 0 Å². The van der Waals surface area contributed by atoms with Gasteiger partial charge in [0.05, 0.1) is 6.54 Å². The van der Waals surface area contributed by atoms with E-state index in [4.69, 9.17) is 10.8 Å². The molecule has 1 unspecified atom stereocenters. The van der Waals surface area contributed by atoms with Gasteiger partial charge in [-0.15, -0.1) is 0 Å². The van der Waals surface area contributed by atoms with E-state index in [1.807, 2.05) is 0 Å². The molecule has 1 rings (SSSR count). The number of aliphatic imine (C=N–C) groups is 1. The molecule has 10 heavy (non-hydrogen) atoms. The number of nitrogens with zero attached hydrogens (tertiary/aromatic N) is 1. The Bertz CT molecular complexity index is 210. The molecule has 1 atom stereocenters. The van der Waals surface area contributed by atoms with Crippen molar-refractivity contribution in [3.63, 3.8) is 0 Å². The van der Waals surface area contributed by atoms with Crippen LogP contribution in [0.15, 0.2) is 17.1 Å². The van der Waals surface area contributed by atoms with E-state index < -0.39 is 11.5 Å². The van der Waals surface area contributed by atoms with E-state index in [-0.39, 0.29) is 6.54 Å². The van der Waals surface area contributed by atoms with E-state index in [0.717, 1.165) is 0 Å². The van der Waals surface area contributed by atoms with Gasteiger partial charge in [0.25, 0.3) is 0 Å². The van der Waals surface area contributed by atoms with Crippen LogP contribution < -0.4 is 5.73 Å². The largest absolute Gasteiger partial charge is 0.480 e. The van der Waals surface area contributed by atoms with E-state index in [1.54, 1.807) is 0 Å². The normalized spacial score (nSPS) is 30.5. The van der Waals surface area contributed by atoms with Gasteiger partial charge in [0, 0.05) is 6.21 Å². The molecule has 0 fully saturated rings. The molecule has 1 aliphatic heterocycles. The minimum atomic E-state index is -1.28. The summed E-state index contributed by atoms with van der Waals surface area (Å²) in [6, 6.07) is 0. The molecule has 54 valence electrons. The standard InChI is InChI=1S/C6H8N2O2/c7-6(5(9)10)2-1-3-8-4-6/h1-3H,4,7H2,(H,9,10). The monoisotopic (exact) mass is 140 g/mol. The third kappa shape index (κ3) is 1.06. The first kappa shape index (κ1) is 6.95. The molecular weight excluding hydrogens is 132 g/mol. The Morgan fingerprint density at radius 1 is 1.80 bits per heavy atom. The second-order valence-corrected chi connectivity index (χ2v) is 2.19. The lowest BCUT2D eigenvalue weighted by Crippen LogP contribution is -2.49. The van der Waals surface area contributed by atoms with Crippen molar-refractivity contribution < 1.29 is 9.90 Å². The maximum atomic E-state index is 10.4. The Morgan fingerprint density at radius 3 is 2.80 bits per heavy atom. The summed E-state index contributed by atoms with van der Waals surface area (Å²) in [6.07, 6.45) is 4.51. The highest BCUT2D eigenvalue weighted by atomic mass is 16.4. The number of carboxylic acids is 1. The molecule has 1 heterocycles. The summed E-state index contributed by atoms with van der Waals surface area (Å²) in [7, 11) is 0. The predicted molar refractivity (Wildman–Crippen MR) is 37.1 cm³/mol. The van der Waals surface area contributed by atoms with Gasteiger partial charge in [-0.05, 0) is 6.08 Å². The lowest BCUT2D eigenvalue weighted by molar-refractivity contribution is -0.141. The Labute approximate surface area is 58.1 Å². The van der Waals surface area contributed by atoms with Crippen molar-refractivity contribution in [2.24, 2.45) is 10.7 Å². The Kier molecular flexibility index (Phi) is 1.55. The molecule has 0 spiro atoms. The Balaban J connectivity index is 2.80. The lowest BCUT2D eigenvalue weighted by atomic mass is 10.00. The highest BCUT2D eigenvalue weighted by Crippen LogP contribution is 2.06. The van der Waals surface area contributed by atoms with Crippen LogP contribution in [0, 0.1) is 0 Å².